The lowest BCUT2D eigenvalue weighted by Gasteiger charge is -2.18. The normalized spacial score (nSPS) is 17.7. The van der Waals surface area contributed by atoms with Crippen molar-refractivity contribution in [2.45, 2.75) is 6.04 Å². The van der Waals surface area contributed by atoms with Crippen LogP contribution in [0.25, 0.3) is 0 Å². The van der Waals surface area contributed by atoms with Crippen molar-refractivity contribution in [3.63, 3.8) is 0 Å². The fourth-order valence-electron chi connectivity index (χ4n) is 1.45. The molecule has 13 heavy (non-hydrogen) atoms. The first-order valence-electron chi connectivity index (χ1n) is 3.53. The van der Waals surface area contributed by atoms with Crippen LogP contribution in [0.1, 0.15) is 17.2 Å². The van der Waals surface area contributed by atoms with E-state index >= 15 is 0 Å². The fourth-order valence-corrected chi connectivity index (χ4v) is 1.45. The molecule has 0 N–H and O–H groups in total. The molecule has 0 heterocycles. The number of rotatable bonds is 2. The third-order valence-electron chi connectivity index (χ3n) is 2.07. The first-order valence-corrected chi connectivity index (χ1v) is 3.53. The van der Waals surface area contributed by atoms with Crippen LogP contribution in [0.4, 0.5) is 5.69 Å². The van der Waals surface area contributed by atoms with Crippen LogP contribution in [0.2, 0.25) is 0 Å². The summed E-state index contributed by atoms with van der Waals surface area (Å²) in [7, 11) is 0. The molecule has 0 saturated carbocycles. The molecular weight excluding hydrogens is 176 g/mol. The van der Waals surface area contributed by atoms with Crippen LogP contribution in [-0.2, 0) is 0 Å². The van der Waals surface area contributed by atoms with Crippen LogP contribution in [0.3, 0.4) is 0 Å². The topological polar surface area (TPSA) is 86.3 Å². The summed E-state index contributed by atoms with van der Waals surface area (Å²) in [6.45, 7) is 0. The third-order valence-corrected chi connectivity index (χ3v) is 2.07. The quantitative estimate of drug-likeness (QED) is 0.506. The average Bonchev–Trinajstić information content (AvgIpc) is 2.02. The van der Waals surface area contributed by atoms with E-state index in [1.54, 1.807) is 0 Å². The molecular formula is C7H4N2O4. The summed E-state index contributed by atoms with van der Waals surface area (Å²) < 4.78 is 0. The Morgan fingerprint density at radius 1 is 1.23 bits per heavy atom. The third kappa shape index (κ3) is 0.883. The summed E-state index contributed by atoms with van der Waals surface area (Å²) in [4.78, 5) is 19.7. The maximum Gasteiger partial charge on any atom is 0.279 e. The van der Waals surface area contributed by atoms with Gasteiger partial charge in [-0.15, -0.1) is 0 Å². The highest BCUT2D eigenvalue weighted by atomic mass is 16.6. The Kier molecular flexibility index (Phi) is 1.33. The van der Waals surface area contributed by atoms with Gasteiger partial charge in [0.2, 0.25) is 0 Å². The molecule has 6 heteroatoms. The second kappa shape index (κ2) is 2.25. The number of nitro benzene ring substituents is 1. The summed E-state index contributed by atoms with van der Waals surface area (Å²) in [6.07, 6.45) is 0. The van der Waals surface area contributed by atoms with Gasteiger partial charge < -0.3 is 0 Å². The summed E-state index contributed by atoms with van der Waals surface area (Å²) in [5.74, 6) is 0. The molecule has 3 rings (SSSR count). The lowest BCUT2D eigenvalue weighted by molar-refractivity contribution is -0.522. The number of hydrogen-bond acceptors (Lipinski definition) is 4. The number of nitro groups is 2. The molecule has 0 aromatic heterocycles. The highest BCUT2D eigenvalue weighted by Gasteiger charge is 2.40. The van der Waals surface area contributed by atoms with Gasteiger partial charge in [-0.1, -0.05) is 0 Å². The van der Waals surface area contributed by atoms with E-state index in [9.17, 15) is 20.2 Å². The van der Waals surface area contributed by atoms with E-state index < -0.39 is 15.9 Å². The van der Waals surface area contributed by atoms with Crippen molar-refractivity contribution < 1.29 is 9.85 Å². The molecule has 2 bridgehead atoms. The van der Waals surface area contributed by atoms with Gasteiger partial charge in [0.05, 0.1) is 4.92 Å². The second-order valence-corrected chi connectivity index (χ2v) is 2.76. The van der Waals surface area contributed by atoms with E-state index in [1.165, 1.54) is 18.2 Å². The zero-order valence-corrected chi connectivity index (χ0v) is 6.34. The van der Waals surface area contributed by atoms with Gasteiger partial charge in [-0.05, 0) is 12.1 Å². The molecule has 1 unspecified atom stereocenters. The van der Waals surface area contributed by atoms with Crippen molar-refractivity contribution in [2.24, 2.45) is 0 Å². The Morgan fingerprint density at radius 3 is 2.38 bits per heavy atom. The van der Waals surface area contributed by atoms with Crippen LogP contribution in [-0.4, -0.2) is 9.85 Å². The second-order valence-electron chi connectivity index (χ2n) is 2.76. The number of nitrogens with zero attached hydrogens (tertiary/aromatic N) is 2. The first kappa shape index (κ1) is 7.66. The van der Waals surface area contributed by atoms with Gasteiger partial charge >= 0.3 is 0 Å². The maximum absolute atomic E-state index is 10.4. The minimum absolute atomic E-state index is 0.170. The molecule has 0 amide bonds. The largest absolute Gasteiger partial charge is 0.279 e. The smallest absolute Gasteiger partial charge is 0.264 e. The highest BCUT2D eigenvalue weighted by molar-refractivity contribution is 5.55. The molecule has 1 aromatic carbocycles. The zero-order chi connectivity index (χ0) is 9.59. The molecule has 0 radical (unpaired) electrons. The summed E-state index contributed by atoms with van der Waals surface area (Å²) in [5.41, 5.74) is 0.565. The van der Waals surface area contributed by atoms with Crippen molar-refractivity contribution in [3.8, 4) is 0 Å². The van der Waals surface area contributed by atoms with Crippen LogP contribution in [0.5, 0.6) is 0 Å². The van der Waals surface area contributed by atoms with E-state index in [-0.39, 0.29) is 11.3 Å². The lowest BCUT2D eigenvalue weighted by atomic mass is 9.86. The Labute approximate surface area is 72.1 Å². The Hall–Kier alpha value is -1.98. The van der Waals surface area contributed by atoms with Gasteiger partial charge in [0.25, 0.3) is 11.7 Å². The van der Waals surface area contributed by atoms with Gasteiger partial charge in [0.1, 0.15) is 5.56 Å². The summed E-state index contributed by atoms with van der Waals surface area (Å²) in [6, 6.07) is 3.21. The minimum atomic E-state index is -0.981. The van der Waals surface area contributed by atoms with E-state index in [4.69, 9.17) is 0 Å². The molecule has 2 aliphatic rings. The van der Waals surface area contributed by atoms with Crippen molar-refractivity contribution in [3.05, 3.63) is 49.6 Å². The van der Waals surface area contributed by atoms with Crippen molar-refractivity contribution in [1.29, 1.82) is 0 Å². The Morgan fingerprint density at radius 2 is 1.92 bits per heavy atom. The molecule has 2 aliphatic carbocycles. The standard InChI is InChI=1S/C7H4N2O4/c10-8(11)6-2-1-4-3-5(6)7(4)9(12)13/h1-3,7H. The molecule has 6 nitrogen and oxygen atoms in total. The SMILES string of the molecule is O=[N+]([O-])c1ccc2cc1C2[N+](=O)[O-]. The van der Waals surface area contributed by atoms with Crippen molar-refractivity contribution in [1.82, 2.24) is 0 Å². The van der Waals surface area contributed by atoms with E-state index in [2.05, 4.69) is 0 Å². The number of fused-ring (bicyclic) bond motifs is 2. The molecule has 0 saturated heterocycles. The average molecular weight is 180 g/mol. The van der Waals surface area contributed by atoms with Crippen LogP contribution in [0.15, 0.2) is 18.2 Å². The lowest BCUT2D eigenvalue weighted by Crippen LogP contribution is -2.21. The fraction of sp³-hybridized carbons (Fsp3) is 0.143. The van der Waals surface area contributed by atoms with Gasteiger partial charge in [-0.25, -0.2) is 0 Å². The van der Waals surface area contributed by atoms with E-state index in [0.717, 1.165) is 0 Å². The molecule has 1 aromatic rings. The van der Waals surface area contributed by atoms with Crippen molar-refractivity contribution in [2.75, 3.05) is 0 Å². The summed E-state index contributed by atoms with van der Waals surface area (Å²) in [5, 5.41) is 20.8. The predicted octanol–water partition coefficient (Wildman–Crippen LogP) is 1.27. The van der Waals surface area contributed by atoms with Crippen LogP contribution >= 0.6 is 0 Å². The first-order chi connectivity index (χ1) is 6.11. The van der Waals surface area contributed by atoms with E-state index in [0.29, 0.717) is 5.56 Å². The summed E-state index contributed by atoms with van der Waals surface area (Å²) >= 11 is 0. The maximum atomic E-state index is 10.4. The minimum Gasteiger partial charge on any atom is -0.264 e. The molecule has 0 aliphatic heterocycles. The Balaban J connectivity index is 2.49. The highest BCUT2D eigenvalue weighted by Crippen LogP contribution is 2.41. The Bertz CT molecular complexity index is 411. The molecule has 0 fully saturated rings. The van der Waals surface area contributed by atoms with Crippen LogP contribution in [0, 0.1) is 20.2 Å². The van der Waals surface area contributed by atoms with Crippen molar-refractivity contribution >= 4 is 5.69 Å². The molecule has 0 spiro atoms. The van der Waals surface area contributed by atoms with Gasteiger partial charge in [0, 0.05) is 16.6 Å². The van der Waals surface area contributed by atoms with Gasteiger partial charge in [0.15, 0.2) is 0 Å². The predicted molar refractivity (Wildman–Crippen MR) is 41.9 cm³/mol. The number of hydrogen-bond donors (Lipinski definition) is 0. The zero-order valence-electron chi connectivity index (χ0n) is 6.34. The van der Waals surface area contributed by atoms with E-state index in [1.807, 2.05) is 0 Å². The van der Waals surface area contributed by atoms with Crippen LogP contribution < -0.4 is 0 Å². The number of benzene rings is 1. The molecule has 1 atom stereocenters. The van der Waals surface area contributed by atoms with Gasteiger partial charge in [-0.3, -0.25) is 20.2 Å². The molecule has 66 valence electrons. The monoisotopic (exact) mass is 180 g/mol. The van der Waals surface area contributed by atoms with Gasteiger partial charge in [-0.2, -0.15) is 0 Å².